The Labute approximate surface area is 91.9 Å². The van der Waals surface area contributed by atoms with E-state index in [-0.39, 0.29) is 0 Å². The number of hydrogen-bond acceptors (Lipinski definition) is 2. The van der Waals surface area contributed by atoms with Crippen LogP contribution in [0.15, 0.2) is 24.3 Å². The number of rotatable bonds is 1. The normalized spacial score (nSPS) is 31.5. The summed E-state index contributed by atoms with van der Waals surface area (Å²) in [5.41, 5.74) is 8.82. The van der Waals surface area contributed by atoms with Crippen LogP contribution in [-0.4, -0.2) is 12.1 Å². The average Bonchev–Trinajstić information content (AvgIpc) is 2.16. The van der Waals surface area contributed by atoms with E-state index in [1.807, 2.05) is 0 Å². The zero-order valence-electron chi connectivity index (χ0n) is 9.53. The average molecular weight is 204 g/mol. The van der Waals surface area contributed by atoms with E-state index in [0.29, 0.717) is 18.1 Å². The van der Waals surface area contributed by atoms with Crippen LogP contribution in [0, 0.1) is 6.92 Å². The van der Waals surface area contributed by atoms with Crippen molar-refractivity contribution in [1.29, 1.82) is 0 Å². The number of piperidine rings is 1. The Kier molecular flexibility index (Phi) is 3.08. The summed E-state index contributed by atoms with van der Waals surface area (Å²) in [5, 5.41) is 3.62. The van der Waals surface area contributed by atoms with E-state index >= 15 is 0 Å². The summed E-state index contributed by atoms with van der Waals surface area (Å²) in [6.07, 6.45) is 2.14. The molecule has 1 aromatic carbocycles. The van der Waals surface area contributed by atoms with Gasteiger partial charge in [0, 0.05) is 18.1 Å². The van der Waals surface area contributed by atoms with Gasteiger partial charge in [-0.05, 0) is 37.8 Å². The highest BCUT2D eigenvalue weighted by Crippen LogP contribution is 2.26. The van der Waals surface area contributed by atoms with Gasteiger partial charge in [-0.15, -0.1) is 0 Å². The van der Waals surface area contributed by atoms with E-state index in [4.69, 9.17) is 5.73 Å². The molecule has 1 saturated heterocycles. The van der Waals surface area contributed by atoms with Crippen LogP contribution in [0.25, 0.3) is 0 Å². The summed E-state index contributed by atoms with van der Waals surface area (Å²) in [5.74, 6) is 0. The highest BCUT2D eigenvalue weighted by molar-refractivity contribution is 5.29. The van der Waals surface area contributed by atoms with Crippen LogP contribution in [0.4, 0.5) is 0 Å². The Hall–Kier alpha value is -0.860. The summed E-state index contributed by atoms with van der Waals surface area (Å²) in [4.78, 5) is 0. The molecule has 82 valence electrons. The van der Waals surface area contributed by atoms with E-state index < -0.39 is 0 Å². The molecule has 0 radical (unpaired) electrons. The lowest BCUT2D eigenvalue weighted by atomic mass is 9.89. The molecule has 0 saturated carbocycles. The third kappa shape index (κ3) is 2.39. The molecule has 0 unspecified atom stereocenters. The first-order chi connectivity index (χ1) is 7.16. The quantitative estimate of drug-likeness (QED) is 0.735. The molecule has 0 aliphatic carbocycles. The molecule has 1 aliphatic heterocycles. The fourth-order valence-corrected chi connectivity index (χ4v) is 2.53. The fourth-order valence-electron chi connectivity index (χ4n) is 2.53. The van der Waals surface area contributed by atoms with Gasteiger partial charge >= 0.3 is 0 Å². The molecule has 0 aromatic heterocycles. The Bertz CT molecular complexity index is 325. The van der Waals surface area contributed by atoms with Crippen molar-refractivity contribution in [2.75, 3.05) is 0 Å². The number of nitrogens with two attached hydrogens (primary N) is 1. The highest BCUT2D eigenvalue weighted by atomic mass is 15.0. The summed E-state index contributed by atoms with van der Waals surface area (Å²) < 4.78 is 0. The number of hydrogen-bond donors (Lipinski definition) is 2. The summed E-state index contributed by atoms with van der Waals surface area (Å²) >= 11 is 0. The molecule has 0 spiro atoms. The molecular weight excluding hydrogens is 184 g/mol. The van der Waals surface area contributed by atoms with Gasteiger partial charge in [-0.2, -0.15) is 0 Å². The second kappa shape index (κ2) is 4.33. The van der Waals surface area contributed by atoms with Gasteiger partial charge in [-0.3, -0.25) is 0 Å². The molecule has 1 aromatic rings. The van der Waals surface area contributed by atoms with Gasteiger partial charge in [0.2, 0.25) is 0 Å². The van der Waals surface area contributed by atoms with Crippen LogP contribution in [0.1, 0.15) is 36.9 Å². The van der Waals surface area contributed by atoms with Gasteiger partial charge in [0.1, 0.15) is 0 Å². The van der Waals surface area contributed by atoms with Crippen molar-refractivity contribution in [2.24, 2.45) is 5.73 Å². The molecule has 3 N–H and O–H groups in total. The third-order valence-electron chi connectivity index (χ3n) is 3.24. The summed E-state index contributed by atoms with van der Waals surface area (Å²) in [7, 11) is 0. The Morgan fingerprint density at radius 1 is 1.27 bits per heavy atom. The Morgan fingerprint density at radius 3 is 2.67 bits per heavy atom. The highest BCUT2D eigenvalue weighted by Gasteiger charge is 2.25. The molecule has 15 heavy (non-hydrogen) atoms. The molecule has 3 atom stereocenters. The second-order valence-corrected chi connectivity index (χ2v) is 4.71. The molecule has 2 rings (SSSR count). The third-order valence-corrected chi connectivity index (χ3v) is 3.24. The van der Waals surface area contributed by atoms with Crippen LogP contribution in [-0.2, 0) is 0 Å². The molecular formula is C13H20N2. The predicted molar refractivity (Wildman–Crippen MR) is 63.7 cm³/mol. The number of aryl methyl sites for hydroxylation is 1. The van der Waals surface area contributed by atoms with Crippen molar-refractivity contribution >= 4 is 0 Å². The molecule has 1 heterocycles. The molecule has 1 fully saturated rings. The second-order valence-electron chi connectivity index (χ2n) is 4.71. The smallest absolute Gasteiger partial charge is 0.0339 e. The minimum absolute atomic E-state index is 0.339. The van der Waals surface area contributed by atoms with Crippen LogP contribution in [0.3, 0.4) is 0 Å². The number of nitrogens with one attached hydrogen (secondary N) is 1. The molecule has 2 heteroatoms. The van der Waals surface area contributed by atoms with Gasteiger partial charge in [-0.25, -0.2) is 0 Å². The maximum atomic E-state index is 6.06. The van der Waals surface area contributed by atoms with Crippen LogP contribution in [0.2, 0.25) is 0 Å². The monoisotopic (exact) mass is 204 g/mol. The summed E-state index contributed by atoms with van der Waals surface area (Å²) in [6.45, 7) is 4.38. The maximum Gasteiger partial charge on any atom is 0.0339 e. The van der Waals surface area contributed by atoms with Crippen molar-refractivity contribution in [3.63, 3.8) is 0 Å². The van der Waals surface area contributed by atoms with E-state index in [9.17, 15) is 0 Å². The SMILES string of the molecule is Cc1ccccc1[C@@H]1C[C@@H](N)C[C@H](C)N1. The van der Waals surface area contributed by atoms with Gasteiger partial charge in [0.05, 0.1) is 0 Å². The van der Waals surface area contributed by atoms with E-state index in [1.165, 1.54) is 11.1 Å². The van der Waals surface area contributed by atoms with Gasteiger partial charge < -0.3 is 11.1 Å². The predicted octanol–water partition coefficient (Wildman–Crippen LogP) is 2.14. The van der Waals surface area contributed by atoms with Crippen molar-refractivity contribution < 1.29 is 0 Å². The first-order valence-corrected chi connectivity index (χ1v) is 5.74. The number of benzene rings is 1. The largest absolute Gasteiger partial charge is 0.328 e. The summed E-state index contributed by atoms with van der Waals surface area (Å²) in [6, 6.07) is 9.87. The van der Waals surface area contributed by atoms with Crippen LogP contribution < -0.4 is 11.1 Å². The Balaban J connectivity index is 2.20. The molecule has 0 amide bonds. The first-order valence-electron chi connectivity index (χ1n) is 5.74. The minimum Gasteiger partial charge on any atom is -0.328 e. The molecule has 2 nitrogen and oxygen atoms in total. The van der Waals surface area contributed by atoms with E-state index in [1.54, 1.807) is 0 Å². The minimum atomic E-state index is 0.339. The van der Waals surface area contributed by atoms with E-state index in [0.717, 1.165) is 12.8 Å². The van der Waals surface area contributed by atoms with Gasteiger partial charge in [0.15, 0.2) is 0 Å². The fraction of sp³-hybridized carbons (Fsp3) is 0.538. The molecule has 0 bridgehead atoms. The zero-order valence-corrected chi connectivity index (χ0v) is 9.53. The van der Waals surface area contributed by atoms with Crippen molar-refractivity contribution in [1.82, 2.24) is 5.32 Å². The standard InChI is InChI=1S/C13H20N2/c1-9-5-3-4-6-12(9)13-8-11(14)7-10(2)15-13/h3-6,10-11,13,15H,7-8,14H2,1-2H3/t10-,11-,13-/m0/s1. The van der Waals surface area contributed by atoms with Gasteiger partial charge in [-0.1, -0.05) is 24.3 Å². The van der Waals surface area contributed by atoms with Crippen LogP contribution in [0.5, 0.6) is 0 Å². The lowest BCUT2D eigenvalue weighted by molar-refractivity contribution is 0.307. The lowest BCUT2D eigenvalue weighted by Crippen LogP contribution is -2.44. The molecule has 1 aliphatic rings. The topological polar surface area (TPSA) is 38.0 Å². The maximum absolute atomic E-state index is 6.06. The van der Waals surface area contributed by atoms with E-state index in [2.05, 4.69) is 43.4 Å². The zero-order chi connectivity index (χ0) is 10.8. The first kappa shape index (κ1) is 10.7. The van der Waals surface area contributed by atoms with Crippen LogP contribution >= 0.6 is 0 Å². The lowest BCUT2D eigenvalue weighted by Gasteiger charge is -2.34. The van der Waals surface area contributed by atoms with Gasteiger partial charge in [0.25, 0.3) is 0 Å². The van der Waals surface area contributed by atoms with Crippen molar-refractivity contribution in [2.45, 2.75) is 44.8 Å². The van der Waals surface area contributed by atoms with Crippen molar-refractivity contribution in [3.8, 4) is 0 Å². The van der Waals surface area contributed by atoms with Crippen molar-refractivity contribution in [3.05, 3.63) is 35.4 Å². The Morgan fingerprint density at radius 2 is 2.00 bits per heavy atom.